The van der Waals surface area contributed by atoms with E-state index in [0.29, 0.717) is 11.1 Å². The number of ether oxygens (including phenoxy) is 1. The lowest BCUT2D eigenvalue weighted by Crippen LogP contribution is -2.23. The molecule has 0 amide bonds. The van der Waals surface area contributed by atoms with Gasteiger partial charge in [0.2, 0.25) is 0 Å². The van der Waals surface area contributed by atoms with Gasteiger partial charge in [-0.3, -0.25) is 4.79 Å². The van der Waals surface area contributed by atoms with E-state index in [1.165, 1.54) is 7.11 Å². The summed E-state index contributed by atoms with van der Waals surface area (Å²) >= 11 is 5.81. The second kappa shape index (κ2) is 6.14. The fourth-order valence-electron chi connectivity index (χ4n) is 2.59. The first-order chi connectivity index (χ1) is 8.69. The number of aromatic nitrogens is 2. The van der Waals surface area contributed by atoms with Gasteiger partial charge in [-0.15, -0.1) is 5.10 Å². The van der Waals surface area contributed by atoms with Crippen LogP contribution in [0.4, 0.5) is 0 Å². The molecule has 1 saturated carbocycles. The number of hydrogen-bond donors (Lipinski definition) is 0. The van der Waals surface area contributed by atoms with Gasteiger partial charge in [0.1, 0.15) is 0 Å². The fraction of sp³-hybridized carbons (Fsp3) is 0.615. The Bertz CT molecular complexity index is 417. The third-order valence-electron chi connectivity index (χ3n) is 3.59. The van der Waals surface area contributed by atoms with Crippen molar-refractivity contribution < 1.29 is 9.53 Å². The van der Waals surface area contributed by atoms with Crippen molar-refractivity contribution in [3.63, 3.8) is 0 Å². The molecule has 0 bridgehead atoms. The summed E-state index contributed by atoms with van der Waals surface area (Å²) in [7, 11) is 1.46. The highest BCUT2D eigenvalue weighted by Gasteiger charge is 2.26. The van der Waals surface area contributed by atoms with Crippen LogP contribution in [-0.4, -0.2) is 23.3 Å². The molecule has 18 heavy (non-hydrogen) atoms. The minimum atomic E-state index is -0.0675. The van der Waals surface area contributed by atoms with Crippen molar-refractivity contribution in [2.24, 2.45) is 11.8 Å². The maximum atomic E-state index is 11.4. The molecule has 1 aliphatic carbocycles. The van der Waals surface area contributed by atoms with E-state index in [1.807, 2.05) is 6.07 Å². The van der Waals surface area contributed by atoms with Crippen molar-refractivity contribution in [2.75, 3.05) is 7.11 Å². The Hall–Kier alpha value is -1.16. The van der Waals surface area contributed by atoms with Crippen LogP contribution in [0.25, 0.3) is 0 Å². The molecular weight excluding hydrogens is 252 g/mol. The standard InChI is InChI=1S/C13H17ClN2O2/c1-18-13(17)11-4-2-9(3-5-11)6-10-7-12(14)16-15-8-10/h7-9,11H,2-6H2,1H3. The average Bonchev–Trinajstić information content (AvgIpc) is 2.39. The number of carbonyl (C=O) groups is 1. The summed E-state index contributed by atoms with van der Waals surface area (Å²) in [5, 5.41) is 8.02. The normalized spacial score (nSPS) is 23.7. The summed E-state index contributed by atoms with van der Waals surface area (Å²) in [5.74, 6) is 0.624. The van der Waals surface area contributed by atoms with Crippen LogP contribution in [0.2, 0.25) is 5.15 Å². The van der Waals surface area contributed by atoms with E-state index in [-0.39, 0.29) is 11.9 Å². The molecule has 0 unspecified atom stereocenters. The Morgan fingerprint density at radius 2 is 2.17 bits per heavy atom. The highest BCUT2D eigenvalue weighted by atomic mass is 35.5. The van der Waals surface area contributed by atoms with E-state index < -0.39 is 0 Å². The number of rotatable bonds is 3. The Labute approximate surface area is 112 Å². The van der Waals surface area contributed by atoms with Crippen molar-refractivity contribution in [2.45, 2.75) is 32.1 Å². The number of halogens is 1. The van der Waals surface area contributed by atoms with E-state index in [2.05, 4.69) is 10.2 Å². The highest BCUT2D eigenvalue weighted by Crippen LogP contribution is 2.31. The molecule has 1 fully saturated rings. The van der Waals surface area contributed by atoms with Crippen LogP contribution in [-0.2, 0) is 16.0 Å². The zero-order chi connectivity index (χ0) is 13.0. The number of esters is 1. The van der Waals surface area contributed by atoms with Gasteiger partial charge in [-0.2, -0.15) is 5.10 Å². The molecule has 2 rings (SSSR count). The van der Waals surface area contributed by atoms with Gasteiger partial charge in [-0.05, 0) is 49.7 Å². The molecule has 1 aliphatic rings. The SMILES string of the molecule is COC(=O)C1CCC(Cc2cnnc(Cl)c2)CC1. The second-order valence-corrected chi connectivity index (χ2v) is 5.22. The molecule has 4 nitrogen and oxygen atoms in total. The van der Waals surface area contributed by atoms with Gasteiger partial charge < -0.3 is 4.74 Å². The Kier molecular flexibility index (Phi) is 4.53. The van der Waals surface area contributed by atoms with Crippen LogP contribution < -0.4 is 0 Å². The van der Waals surface area contributed by atoms with Gasteiger partial charge in [0.15, 0.2) is 5.15 Å². The van der Waals surface area contributed by atoms with Gasteiger partial charge in [0.25, 0.3) is 0 Å². The van der Waals surface area contributed by atoms with Crippen molar-refractivity contribution >= 4 is 17.6 Å². The van der Waals surface area contributed by atoms with Gasteiger partial charge in [0.05, 0.1) is 19.2 Å². The van der Waals surface area contributed by atoms with Crippen molar-refractivity contribution in [1.82, 2.24) is 10.2 Å². The lowest BCUT2D eigenvalue weighted by Gasteiger charge is -2.26. The van der Waals surface area contributed by atoms with Crippen LogP contribution in [0.3, 0.4) is 0 Å². The summed E-state index contributed by atoms with van der Waals surface area (Å²) < 4.78 is 4.78. The largest absolute Gasteiger partial charge is 0.469 e. The van der Waals surface area contributed by atoms with Crippen LogP contribution in [0.5, 0.6) is 0 Å². The molecule has 0 spiro atoms. The van der Waals surface area contributed by atoms with E-state index >= 15 is 0 Å². The van der Waals surface area contributed by atoms with Crippen LogP contribution in [0, 0.1) is 11.8 Å². The van der Waals surface area contributed by atoms with Crippen molar-refractivity contribution in [1.29, 1.82) is 0 Å². The smallest absolute Gasteiger partial charge is 0.308 e. The summed E-state index contributed by atoms with van der Waals surface area (Å²) in [4.78, 5) is 11.4. The monoisotopic (exact) mass is 268 g/mol. The topological polar surface area (TPSA) is 52.1 Å². The molecule has 1 heterocycles. The Balaban J connectivity index is 1.85. The third kappa shape index (κ3) is 3.42. The molecular formula is C13H17ClN2O2. The number of nitrogens with zero attached hydrogens (tertiary/aromatic N) is 2. The quantitative estimate of drug-likeness (QED) is 0.791. The lowest BCUT2D eigenvalue weighted by atomic mass is 9.79. The third-order valence-corrected chi connectivity index (χ3v) is 3.77. The number of carbonyl (C=O) groups excluding carboxylic acids is 1. The maximum absolute atomic E-state index is 11.4. The zero-order valence-electron chi connectivity index (χ0n) is 10.4. The summed E-state index contributed by atoms with van der Waals surface area (Å²) in [6.45, 7) is 0. The van der Waals surface area contributed by atoms with Gasteiger partial charge in [-0.25, -0.2) is 0 Å². The number of hydrogen-bond acceptors (Lipinski definition) is 4. The lowest BCUT2D eigenvalue weighted by molar-refractivity contribution is -0.146. The predicted octanol–water partition coefficient (Wildman–Crippen LogP) is 2.65. The van der Waals surface area contributed by atoms with Crippen molar-refractivity contribution in [3.8, 4) is 0 Å². The van der Waals surface area contributed by atoms with Crippen molar-refractivity contribution in [3.05, 3.63) is 23.0 Å². The Morgan fingerprint density at radius 3 is 2.78 bits per heavy atom. The molecule has 0 atom stereocenters. The second-order valence-electron chi connectivity index (χ2n) is 4.83. The first kappa shape index (κ1) is 13.3. The van der Waals surface area contributed by atoms with Gasteiger partial charge in [-0.1, -0.05) is 11.6 Å². The van der Waals surface area contributed by atoms with Crippen LogP contribution in [0.1, 0.15) is 31.2 Å². The van der Waals surface area contributed by atoms with Crippen LogP contribution in [0.15, 0.2) is 12.3 Å². The van der Waals surface area contributed by atoms with E-state index in [9.17, 15) is 4.79 Å². The molecule has 0 aromatic carbocycles. The summed E-state index contributed by atoms with van der Waals surface area (Å²) in [6.07, 6.45) is 6.67. The van der Waals surface area contributed by atoms with E-state index in [1.54, 1.807) is 6.20 Å². The van der Waals surface area contributed by atoms with Gasteiger partial charge >= 0.3 is 5.97 Å². The van der Waals surface area contributed by atoms with Crippen LogP contribution >= 0.6 is 11.6 Å². The molecule has 1 aromatic rings. The van der Waals surface area contributed by atoms with Gasteiger partial charge in [0, 0.05) is 0 Å². The average molecular weight is 269 g/mol. The first-order valence-electron chi connectivity index (χ1n) is 6.24. The minimum absolute atomic E-state index is 0.0675. The number of methoxy groups -OCH3 is 1. The van der Waals surface area contributed by atoms with E-state index in [4.69, 9.17) is 16.3 Å². The zero-order valence-corrected chi connectivity index (χ0v) is 11.2. The molecule has 98 valence electrons. The first-order valence-corrected chi connectivity index (χ1v) is 6.61. The summed E-state index contributed by atoms with van der Waals surface area (Å²) in [5.41, 5.74) is 1.12. The highest BCUT2D eigenvalue weighted by molar-refractivity contribution is 6.29. The predicted molar refractivity (Wildman–Crippen MR) is 68.2 cm³/mol. The molecule has 0 saturated heterocycles. The molecule has 0 aliphatic heterocycles. The summed E-state index contributed by atoms with van der Waals surface area (Å²) in [6, 6.07) is 1.86. The molecule has 1 aromatic heterocycles. The van der Waals surface area contributed by atoms with E-state index in [0.717, 1.165) is 37.7 Å². The Morgan fingerprint density at radius 1 is 1.44 bits per heavy atom. The minimum Gasteiger partial charge on any atom is -0.469 e. The molecule has 0 N–H and O–H groups in total. The maximum Gasteiger partial charge on any atom is 0.308 e. The molecule has 5 heteroatoms. The molecule has 0 radical (unpaired) electrons. The fourth-order valence-corrected chi connectivity index (χ4v) is 2.77.